The molecule has 0 bridgehead atoms. The van der Waals surface area contributed by atoms with E-state index >= 15 is 0 Å². The predicted molar refractivity (Wildman–Crippen MR) is 92.5 cm³/mol. The molecular weight excluding hydrogens is 302 g/mol. The minimum atomic E-state index is -0.128. The van der Waals surface area contributed by atoms with Gasteiger partial charge in [0.05, 0.1) is 12.2 Å². The van der Waals surface area contributed by atoms with Gasteiger partial charge in [-0.15, -0.1) is 0 Å². The molecule has 2 aromatic rings. The van der Waals surface area contributed by atoms with Crippen LogP contribution in [0.4, 0.5) is 5.69 Å². The zero-order chi connectivity index (χ0) is 16.7. The number of hydrazone groups is 1. The molecule has 0 fully saturated rings. The normalized spacial score (nSPS) is 16.4. The van der Waals surface area contributed by atoms with E-state index in [0.29, 0.717) is 25.1 Å². The maximum absolute atomic E-state index is 13.0. The van der Waals surface area contributed by atoms with Crippen LogP contribution in [0, 0.1) is 0 Å². The summed E-state index contributed by atoms with van der Waals surface area (Å²) in [5.41, 5.74) is 4.66. The van der Waals surface area contributed by atoms with Crippen LogP contribution in [0.3, 0.4) is 0 Å². The number of anilines is 1. The fourth-order valence-electron chi connectivity index (χ4n) is 3.27. The van der Waals surface area contributed by atoms with Crippen LogP contribution in [0.1, 0.15) is 18.4 Å². The average molecular weight is 319 g/mol. The highest BCUT2D eigenvalue weighted by molar-refractivity contribution is 6.44. The highest BCUT2D eigenvalue weighted by atomic mass is 16.2. The summed E-state index contributed by atoms with van der Waals surface area (Å²) in [5, 5.41) is 5.44. The van der Waals surface area contributed by atoms with Crippen LogP contribution < -0.4 is 4.90 Å². The second-order valence-corrected chi connectivity index (χ2v) is 6.03. The summed E-state index contributed by atoms with van der Waals surface area (Å²) >= 11 is 0. The minimum absolute atomic E-state index is 0.0593. The molecule has 0 spiro atoms. The third-order valence-corrected chi connectivity index (χ3v) is 4.53. The van der Waals surface area contributed by atoms with Crippen molar-refractivity contribution < 1.29 is 9.59 Å². The van der Waals surface area contributed by atoms with Gasteiger partial charge in [-0.25, -0.2) is 5.01 Å². The fraction of sp³-hybridized carbons (Fsp3) is 0.211. The molecule has 0 saturated carbocycles. The number of carbonyl (C=O) groups is 2. The summed E-state index contributed by atoms with van der Waals surface area (Å²) in [7, 11) is 1.59. The highest BCUT2D eigenvalue weighted by Crippen LogP contribution is 2.39. The zero-order valence-electron chi connectivity index (χ0n) is 13.4. The lowest BCUT2D eigenvalue weighted by atomic mass is 9.93. The van der Waals surface area contributed by atoms with E-state index in [-0.39, 0.29) is 11.8 Å². The Morgan fingerprint density at radius 1 is 1.00 bits per heavy atom. The third kappa shape index (κ3) is 2.29. The van der Waals surface area contributed by atoms with Gasteiger partial charge in [0.25, 0.3) is 5.91 Å². The Morgan fingerprint density at radius 3 is 2.50 bits per heavy atom. The summed E-state index contributed by atoms with van der Waals surface area (Å²) in [4.78, 5) is 26.4. The SMILES string of the molecule is CN1N=C(C(=O)N2Cc3ccccc3-c3ccccc32)CCC1=O. The van der Waals surface area contributed by atoms with Gasteiger partial charge in [0.15, 0.2) is 0 Å². The lowest BCUT2D eigenvalue weighted by Gasteiger charge is -2.32. The van der Waals surface area contributed by atoms with Gasteiger partial charge < -0.3 is 4.90 Å². The maximum atomic E-state index is 13.0. The van der Waals surface area contributed by atoms with E-state index in [4.69, 9.17) is 0 Å². The van der Waals surface area contributed by atoms with Crippen LogP contribution in [-0.2, 0) is 16.1 Å². The minimum Gasteiger partial charge on any atom is -0.302 e. The van der Waals surface area contributed by atoms with Gasteiger partial charge in [-0.1, -0.05) is 42.5 Å². The number of fused-ring (bicyclic) bond motifs is 3. The zero-order valence-corrected chi connectivity index (χ0v) is 13.4. The molecule has 2 aliphatic rings. The smallest absolute Gasteiger partial charge is 0.274 e. The Balaban J connectivity index is 1.76. The van der Waals surface area contributed by atoms with Crippen molar-refractivity contribution in [2.75, 3.05) is 11.9 Å². The Kier molecular flexibility index (Phi) is 3.41. The number of para-hydroxylation sites is 1. The molecule has 2 aromatic carbocycles. The Morgan fingerprint density at radius 2 is 1.71 bits per heavy atom. The summed E-state index contributed by atoms with van der Waals surface area (Å²) in [6.45, 7) is 0.517. The molecule has 0 aliphatic carbocycles. The first-order chi connectivity index (χ1) is 11.6. The molecule has 2 aliphatic heterocycles. The van der Waals surface area contributed by atoms with Gasteiger partial charge in [0.2, 0.25) is 5.91 Å². The lowest BCUT2D eigenvalue weighted by molar-refractivity contribution is -0.130. The van der Waals surface area contributed by atoms with Gasteiger partial charge in [0, 0.05) is 25.5 Å². The fourth-order valence-corrected chi connectivity index (χ4v) is 3.27. The molecule has 24 heavy (non-hydrogen) atoms. The van der Waals surface area contributed by atoms with Crippen molar-refractivity contribution in [1.82, 2.24) is 5.01 Å². The summed E-state index contributed by atoms with van der Waals surface area (Å²) in [5.74, 6) is -0.188. The number of amides is 2. The van der Waals surface area contributed by atoms with Crippen molar-refractivity contribution in [1.29, 1.82) is 0 Å². The van der Waals surface area contributed by atoms with Crippen molar-refractivity contribution in [3.8, 4) is 11.1 Å². The largest absolute Gasteiger partial charge is 0.302 e. The molecular formula is C19H17N3O2. The van der Waals surface area contributed by atoms with E-state index in [0.717, 1.165) is 22.4 Å². The van der Waals surface area contributed by atoms with Crippen LogP contribution >= 0.6 is 0 Å². The summed E-state index contributed by atoms with van der Waals surface area (Å²) < 4.78 is 0. The number of benzene rings is 2. The van der Waals surface area contributed by atoms with Gasteiger partial charge in [-0.05, 0) is 17.2 Å². The molecule has 2 amide bonds. The molecule has 0 unspecified atom stereocenters. The van der Waals surface area contributed by atoms with Gasteiger partial charge >= 0.3 is 0 Å². The molecule has 0 saturated heterocycles. The molecule has 120 valence electrons. The second kappa shape index (κ2) is 5.60. The molecule has 0 aromatic heterocycles. The first kappa shape index (κ1) is 14.6. The first-order valence-corrected chi connectivity index (χ1v) is 7.98. The van der Waals surface area contributed by atoms with Crippen LogP contribution in [-0.4, -0.2) is 29.6 Å². The molecule has 2 heterocycles. The highest BCUT2D eigenvalue weighted by Gasteiger charge is 2.31. The van der Waals surface area contributed by atoms with Gasteiger partial charge in [-0.3, -0.25) is 9.59 Å². The molecule has 0 N–H and O–H groups in total. The van der Waals surface area contributed by atoms with Crippen LogP contribution in [0.15, 0.2) is 53.6 Å². The van der Waals surface area contributed by atoms with Gasteiger partial charge in [-0.2, -0.15) is 5.10 Å². The summed E-state index contributed by atoms with van der Waals surface area (Å²) in [6, 6.07) is 16.0. The standard InChI is InChI=1S/C19H17N3O2/c1-21-18(23)11-10-16(20-21)19(24)22-12-13-6-2-3-7-14(13)15-8-4-5-9-17(15)22/h2-9H,10-12H2,1H3. The molecule has 0 atom stereocenters. The number of nitrogens with zero attached hydrogens (tertiary/aromatic N) is 3. The average Bonchev–Trinajstić information content (AvgIpc) is 2.63. The number of rotatable bonds is 1. The molecule has 4 rings (SSSR count). The van der Waals surface area contributed by atoms with E-state index in [2.05, 4.69) is 11.2 Å². The van der Waals surface area contributed by atoms with Crippen LogP contribution in [0.25, 0.3) is 11.1 Å². The first-order valence-electron chi connectivity index (χ1n) is 7.98. The number of hydrogen-bond donors (Lipinski definition) is 0. The van der Waals surface area contributed by atoms with E-state index in [9.17, 15) is 9.59 Å². The second-order valence-electron chi connectivity index (χ2n) is 6.03. The van der Waals surface area contributed by atoms with Crippen molar-refractivity contribution in [3.63, 3.8) is 0 Å². The van der Waals surface area contributed by atoms with E-state index in [1.165, 1.54) is 5.01 Å². The van der Waals surface area contributed by atoms with Crippen molar-refractivity contribution in [3.05, 3.63) is 54.1 Å². The van der Waals surface area contributed by atoms with Crippen LogP contribution in [0.5, 0.6) is 0 Å². The Labute approximate surface area is 140 Å². The van der Waals surface area contributed by atoms with E-state index < -0.39 is 0 Å². The van der Waals surface area contributed by atoms with Gasteiger partial charge in [0.1, 0.15) is 5.71 Å². The molecule has 5 heteroatoms. The molecule has 5 nitrogen and oxygen atoms in total. The predicted octanol–water partition coefficient (Wildman–Crippen LogP) is 2.81. The lowest BCUT2D eigenvalue weighted by Crippen LogP contribution is -2.41. The Hall–Kier alpha value is -2.95. The monoisotopic (exact) mass is 319 g/mol. The number of carbonyl (C=O) groups excluding carboxylic acids is 2. The van der Waals surface area contributed by atoms with Crippen molar-refractivity contribution >= 4 is 23.2 Å². The Bertz CT molecular complexity index is 872. The summed E-state index contributed by atoms with van der Waals surface area (Å²) in [6.07, 6.45) is 0.718. The maximum Gasteiger partial charge on any atom is 0.274 e. The third-order valence-electron chi connectivity index (χ3n) is 4.53. The van der Waals surface area contributed by atoms with E-state index in [1.807, 2.05) is 42.5 Å². The quantitative estimate of drug-likeness (QED) is 0.811. The van der Waals surface area contributed by atoms with E-state index in [1.54, 1.807) is 11.9 Å². The van der Waals surface area contributed by atoms with Crippen molar-refractivity contribution in [2.45, 2.75) is 19.4 Å². The van der Waals surface area contributed by atoms with Crippen molar-refractivity contribution in [2.24, 2.45) is 5.10 Å². The number of hydrogen-bond acceptors (Lipinski definition) is 3. The van der Waals surface area contributed by atoms with Crippen LogP contribution in [0.2, 0.25) is 0 Å². The molecule has 0 radical (unpaired) electrons. The topological polar surface area (TPSA) is 53.0 Å².